The number of likely N-dealkylation sites (N-methyl/N-ethyl adjacent to an activating group) is 1. The van der Waals surface area contributed by atoms with Crippen molar-refractivity contribution < 1.29 is 0 Å². The molecular formula is C18H29N3. The Bertz CT molecular complexity index is 468. The van der Waals surface area contributed by atoms with Gasteiger partial charge < -0.3 is 5.73 Å². The zero-order valence-electron chi connectivity index (χ0n) is 13.6. The van der Waals surface area contributed by atoms with E-state index >= 15 is 0 Å². The second kappa shape index (κ2) is 6.07. The summed E-state index contributed by atoms with van der Waals surface area (Å²) in [5.74, 6) is 0. The number of nitrogens with zero attached hydrogens (tertiary/aromatic N) is 2. The van der Waals surface area contributed by atoms with Crippen LogP contribution >= 0.6 is 0 Å². The average molecular weight is 287 g/mol. The summed E-state index contributed by atoms with van der Waals surface area (Å²) in [5, 5.41) is 0. The van der Waals surface area contributed by atoms with E-state index in [2.05, 4.69) is 55.0 Å². The molecule has 3 heteroatoms. The van der Waals surface area contributed by atoms with Gasteiger partial charge in [-0.2, -0.15) is 0 Å². The number of likely N-dealkylation sites (tertiary alicyclic amines) is 1. The summed E-state index contributed by atoms with van der Waals surface area (Å²) in [6.07, 6.45) is 4.00. The molecule has 0 spiro atoms. The van der Waals surface area contributed by atoms with E-state index in [1.54, 1.807) is 0 Å². The summed E-state index contributed by atoms with van der Waals surface area (Å²) in [6, 6.07) is 10.9. The summed E-state index contributed by atoms with van der Waals surface area (Å²) in [7, 11) is 2.30. The molecule has 1 aromatic rings. The molecule has 2 aliphatic rings. The van der Waals surface area contributed by atoms with Crippen LogP contribution in [0.3, 0.4) is 0 Å². The minimum atomic E-state index is 0.162. The van der Waals surface area contributed by atoms with E-state index in [-0.39, 0.29) is 6.04 Å². The predicted octanol–water partition coefficient (Wildman–Crippen LogP) is 2.55. The van der Waals surface area contributed by atoms with Crippen LogP contribution in [0.4, 0.5) is 0 Å². The minimum Gasteiger partial charge on any atom is -0.326 e. The van der Waals surface area contributed by atoms with Gasteiger partial charge in [0.2, 0.25) is 0 Å². The molecular weight excluding hydrogens is 258 g/mol. The Labute approximate surface area is 129 Å². The number of nitrogens with two attached hydrogens (primary N) is 1. The van der Waals surface area contributed by atoms with Gasteiger partial charge in [-0.25, -0.2) is 0 Å². The summed E-state index contributed by atoms with van der Waals surface area (Å²) >= 11 is 0. The van der Waals surface area contributed by atoms with Crippen LogP contribution in [0.2, 0.25) is 0 Å². The molecule has 116 valence electrons. The van der Waals surface area contributed by atoms with Gasteiger partial charge in [-0.1, -0.05) is 29.8 Å². The molecule has 2 aliphatic heterocycles. The van der Waals surface area contributed by atoms with Crippen LogP contribution in [0.25, 0.3) is 0 Å². The standard InChI is InChI=1S/C18H29N3/c1-13-4-6-15(7-5-13)18(14(2)19)21-11-10-16-8-9-17(12-21)20(16)3/h4-7,14,16-18H,8-12,19H2,1-3H3. The Morgan fingerprint density at radius 2 is 1.76 bits per heavy atom. The molecule has 0 saturated carbocycles. The topological polar surface area (TPSA) is 32.5 Å². The maximum atomic E-state index is 6.37. The zero-order chi connectivity index (χ0) is 15.0. The van der Waals surface area contributed by atoms with Crippen molar-refractivity contribution >= 4 is 0 Å². The van der Waals surface area contributed by atoms with Crippen molar-refractivity contribution in [3.05, 3.63) is 35.4 Å². The molecule has 2 heterocycles. The highest BCUT2D eigenvalue weighted by Gasteiger charge is 2.37. The average Bonchev–Trinajstić information content (AvgIpc) is 2.68. The van der Waals surface area contributed by atoms with Crippen molar-refractivity contribution in [3.8, 4) is 0 Å². The molecule has 4 unspecified atom stereocenters. The summed E-state index contributed by atoms with van der Waals surface area (Å²) in [5.41, 5.74) is 9.05. The minimum absolute atomic E-state index is 0.162. The van der Waals surface area contributed by atoms with Crippen LogP contribution < -0.4 is 5.73 Å². The maximum Gasteiger partial charge on any atom is 0.0497 e. The second-order valence-corrected chi connectivity index (χ2v) is 7.05. The highest BCUT2D eigenvalue weighted by molar-refractivity contribution is 5.25. The summed E-state index contributed by atoms with van der Waals surface area (Å²) < 4.78 is 0. The number of hydrogen-bond donors (Lipinski definition) is 1. The van der Waals surface area contributed by atoms with Gasteiger partial charge in [-0.15, -0.1) is 0 Å². The van der Waals surface area contributed by atoms with E-state index in [9.17, 15) is 0 Å². The van der Waals surface area contributed by atoms with Gasteiger partial charge in [0.05, 0.1) is 0 Å². The first kappa shape index (κ1) is 15.0. The Morgan fingerprint density at radius 3 is 2.43 bits per heavy atom. The molecule has 21 heavy (non-hydrogen) atoms. The summed E-state index contributed by atoms with van der Waals surface area (Å²) in [4.78, 5) is 5.24. The third-order valence-electron chi connectivity index (χ3n) is 5.49. The van der Waals surface area contributed by atoms with Crippen LogP contribution in [0.5, 0.6) is 0 Å². The van der Waals surface area contributed by atoms with Crippen LogP contribution in [-0.4, -0.2) is 48.1 Å². The van der Waals surface area contributed by atoms with Gasteiger partial charge in [-0.05, 0) is 45.7 Å². The van der Waals surface area contributed by atoms with Crippen molar-refractivity contribution in [2.75, 3.05) is 20.1 Å². The van der Waals surface area contributed by atoms with Crippen LogP contribution in [0.1, 0.15) is 43.4 Å². The van der Waals surface area contributed by atoms with Gasteiger partial charge in [-0.3, -0.25) is 9.80 Å². The van der Waals surface area contributed by atoms with Crippen LogP contribution in [-0.2, 0) is 0 Å². The molecule has 0 aliphatic carbocycles. The van der Waals surface area contributed by atoms with E-state index < -0.39 is 0 Å². The van der Waals surface area contributed by atoms with E-state index in [4.69, 9.17) is 5.73 Å². The quantitative estimate of drug-likeness (QED) is 0.927. The Balaban J connectivity index is 1.82. The fourth-order valence-corrected chi connectivity index (χ4v) is 4.20. The Morgan fingerprint density at radius 1 is 1.10 bits per heavy atom. The molecule has 1 aromatic carbocycles. The Hall–Kier alpha value is -0.900. The van der Waals surface area contributed by atoms with Gasteiger partial charge in [0.25, 0.3) is 0 Å². The lowest BCUT2D eigenvalue weighted by molar-refractivity contribution is 0.155. The lowest BCUT2D eigenvalue weighted by Crippen LogP contribution is -2.44. The SMILES string of the molecule is Cc1ccc(C(C(C)N)N2CCC3CCC(C2)N3C)cc1. The van der Waals surface area contributed by atoms with Gasteiger partial charge in [0.1, 0.15) is 0 Å². The van der Waals surface area contributed by atoms with Crippen molar-refractivity contribution in [2.45, 2.75) is 57.3 Å². The first-order valence-electron chi connectivity index (χ1n) is 8.34. The largest absolute Gasteiger partial charge is 0.326 e. The first-order chi connectivity index (χ1) is 10.1. The van der Waals surface area contributed by atoms with Crippen LogP contribution in [0, 0.1) is 6.92 Å². The summed E-state index contributed by atoms with van der Waals surface area (Å²) in [6.45, 7) is 6.63. The second-order valence-electron chi connectivity index (χ2n) is 7.05. The molecule has 2 saturated heterocycles. The van der Waals surface area contributed by atoms with E-state index in [1.807, 2.05) is 0 Å². The highest BCUT2D eigenvalue weighted by Crippen LogP contribution is 2.33. The fourth-order valence-electron chi connectivity index (χ4n) is 4.20. The van der Waals surface area contributed by atoms with Gasteiger partial charge in [0, 0.05) is 37.3 Å². The number of aryl methyl sites for hydroxylation is 1. The maximum absolute atomic E-state index is 6.37. The third-order valence-corrected chi connectivity index (χ3v) is 5.49. The lowest BCUT2D eigenvalue weighted by Gasteiger charge is -2.36. The number of hydrogen-bond acceptors (Lipinski definition) is 3. The monoisotopic (exact) mass is 287 g/mol. The number of rotatable bonds is 3. The normalized spacial score (nSPS) is 30.1. The molecule has 3 nitrogen and oxygen atoms in total. The van der Waals surface area contributed by atoms with Crippen molar-refractivity contribution in [2.24, 2.45) is 5.73 Å². The molecule has 2 bridgehead atoms. The molecule has 4 atom stereocenters. The Kier molecular flexibility index (Phi) is 4.34. The molecule has 3 rings (SSSR count). The third kappa shape index (κ3) is 3.01. The van der Waals surface area contributed by atoms with Gasteiger partial charge >= 0.3 is 0 Å². The van der Waals surface area contributed by atoms with E-state index in [1.165, 1.54) is 36.9 Å². The molecule has 2 fully saturated rings. The molecule has 0 radical (unpaired) electrons. The predicted molar refractivity (Wildman–Crippen MR) is 88.3 cm³/mol. The van der Waals surface area contributed by atoms with Crippen molar-refractivity contribution in [1.82, 2.24) is 9.80 Å². The van der Waals surface area contributed by atoms with Crippen molar-refractivity contribution in [1.29, 1.82) is 0 Å². The van der Waals surface area contributed by atoms with E-state index in [0.717, 1.165) is 12.6 Å². The first-order valence-corrected chi connectivity index (χ1v) is 8.34. The smallest absolute Gasteiger partial charge is 0.0497 e. The molecule has 2 N–H and O–H groups in total. The number of benzene rings is 1. The van der Waals surface area contributed by atoms with Crippen LogP contribution in [0.15, 0.2) is 24.3 Å². The van der Waals surface area contributed by atoms with E-state index in [0.29, 0.717) is 12.1 Å². The van der Waals surface area contributed by atoms with Gasteiger partial charge in [0.15, 0.2) is 0 Å². The van der Waals surface area contributed by atoms with Crippen molar-refractivity contribution in [3.63, 3.8) is 0 Å². The zero-order valence-corrected chi connectivity index (χ0v) is 13.6. The number of fused-ring (bicyclic) bond motifs is 2. The lowest BCUT2D eigenvalue weighted by atomic mass is 9.96. The molecule has 0 aromatic heterocycles. The highest BCUT2D eigenvalue weighted by atomic mass is 15.3. The fraction of sp³-hybridized carbons (Fsp3) is 0.667. The molecule has 0 amide bonds.